The molecule has 8 heteroatoms. The predicted octanol–water partition coefficient (Wildman–Crippen LogP) is 4.87. The maximum absolute atomic E-state index is 12.9. The molecule has 0 spiro atoms. The van der Waals surface area contributed by atoms with E-state index >= 15 is 0 Å². The molecule has 1 amide bonds. The molecule has 0 radical (unpaired) electrons. The number of hydrogen-bond donors (Lipinski definition) is 2. The van der Waals surface area contributed by atoms with E-state index in [2.05, 4.69) is 10.6 Å². The van der Waals surface area contributed by atoms with Gasteiger partial charge in [0, 0.05) is 18.2 Å². The van der Waals surface area contributed by atoms with E-state index < -0.39 is 22.7 Å². The minimum atomic E-state index is -0.772. The molecular weight excluding hydrogens is 398 g/mol. The van der Waals surface area contributed by atoms with Crippen molar-refractivity contribution < 1.29 is 19.2 Å². The van der Waals surface area contributed by atoms with E-state index in [4.69, 9.17) is 4.74 Å². The van der Waals surface area contributed by atoms with Gasteiger partial charge in [0.25, 0.3) is 5.69 Å². The molecular formula is C23H29N3O5. The Hall–Kier alpha value is -3.42. The second-order valence-electron chi connectivity index (χ2n) is 8.28. The van der Waals surface area contributed by atoms with Gasteiger partial charge in [-0.25, -0.2) is 4.79 Å². The summed E-state index contributed by atoms with van der Waals surface area (Å²) in [5, 5.41) is 16.9. The zero-order chi connectivity index (χ0) is 23.0. The quantitative estimate of drug-likeness (QED) is 0.256. The van der Waals surface area contributed by atoms with Crippen LogP contribution in [0, 0.1) is 17.0 Å². The van der Waals surface area contributed by atoms with Gasteiger partial charge in [0.2, 0.25) is 0 Å². The number of carbonyl (C=O) groups is 2. The third-order valence-corrected chi connectivity index (χ3v) is 4.40. The number of hydrogen-bond acceptors (Lipinski definition) is 6. The molecule has 0 heterocycles. The molecule has 0 saturated carbocycles. The number of alkyl carbamates (subject to hydrolysis) is 1. The number of rotatable bonds is 9. The van der Waals surface area contributed by atoms with Gasteiger partial charge < -0.3 is 15.4 Å². The number of carbonyl (C=O) groups excluding carboxylic acids is 2. The number of nitrogens with zero attached hydrogens (tertiary/aromatic N) is 1. The molecule has 166 valence electrons. The van der Waals surface area contributed by atoms with Crippen molar-refractivity contribution in [3.8, 4) is 0 Å². The number of amides is 1. The number of ketones is 1. The van der Waals surface area contributed by atoms with Gasteiger partial charge in [0.05, 0.1) is 11.0 Å². The summed E-state index contributed by atoms with van der Waals surface area (Å²) >= 11 is 0. The Balaban J connectivity index is 2.04. The first-order valence-electron chi connectivity index (χ1n) is 10.1. The minimum Gasteiger partial charge on any atom is -0.444 e. The average molecular weight is 428 g/mol. The van der Waals surface area contributed by atoms with Crippen LogP contribution in [0.15, 0.2) is 48.5 Å². The molecule has 0 fully saturated rings. The fraction of sp³-hybridized carbons (Fsp3) is 0.391. The van der Waals surface area contributed by atoms with Crippen LogP contribution in [0.4, 0.5) is 16.2 Å². The summed E-state index contributed by atoms with van der Waals surface area (Å²) in [5.74, 6) is -0.215. The minimum absolute atomic E-state index is 0.00519. The highest BCUT2D eigenvalue weighted by atomic mass is 16.6. The highest BCUT2D eigenvalue weighted by Crippen LogP contribution is 2.25. The fourth-order valence-electron chi connectivity index (χ4n) is 3.00. The maximum Gasteiger partial charge on any atom is 0.408 e. The van der Waals surface area contributed by atoms with E-state index in [0.29, 0.717) is 30.6 Å². The summed E-state index contributed by atoms with van der Waals surface area (Å²) in [5.41, 5.74) is 1.13. The second-order valence-corrected chi connectivity index (χ2v) is 8.28. The van der Waals surface area contributed by atoms with Crippen molar-refractivity contribution in [2.45, 2.75) is 52.2 Å². The lowest BCUT2D eigenvalue weighted by atomic mass is 10.00. The summed E-state index contributed by atoms with van der Waals surface area (Å²) < 4.78 is 5.29. The van der Waals surface area contributed by atoms with Crippen molar-refractivity contribution in [1.29, 1.82) is 0 Å². The molecule has 2 aromatic rings. The zero-order valence-corrected chi connectivity index (χ0v) is 18.3. The van der Waals surface area contributed by atoms with Crippen LogP contribution in [-0.4, -0.2) is 35.0 Å². The number of aryl methyl sites for hydroxylation is 1. The molecule has 8 nitrogen and oxygen atoms in total. The van der Waals surface area contributed by atoms with E-state index in [1.54, 1.807) is 57.2 Å². The van der Waals surface area contributed by atoms with Crippen LogP contribution in [0.5, 0.6) is 0 Å². The monoisotopic (exact) mass is 427 g/mol. The van der Waals surface area contributed by atoms with E-state index in [-0.39, 0.29) is 11.5 Å². The molecule has 1 atom stereocenters. The van der Waals surface area contributed by atoms with Gasteiger partial charge in [0.15, 0.2) is 5.78 Å². The van der Waals surface area contributed by atoms with Gasteiger partial charge in [-0.1, -0.05) is 36.4 Å². The molecule has 0 aromatic heterocycles. The first kappa shape index (κ1) is 23.9. The Labute approximate surface area is 182 Å². The first-order valence-corrected chi connectivity index (χ1v) is 10.1. The standard InChI is InChI=1S/C23H29N3O5/c1-16-12-13-20(26(29)30)19(15-16)24-14-8-11-18(25-22(28)31-23(2,3)4)21(27)17-9-6-5-7-10-17/h5-7,9-10,12-13,15,18,24H,8,11,14H2,1-4H3,(H,25,28). The van der Waals surface area contributed by atoms with Gasteiger partial charge in [0.1, 0.15) is 11.3 Å². The first-order chi connectivity index (χ1) is 14.6. The Bertz CT molecular complexity index is 923. The molecule has 2 rings (SSSR count). The van der Waals surface area contributed by atoms with Crippen molar-refractivity contribution >= 4 is 23.3 Å². The molecule has 31 heavy (non-hydrogen) atoms. The van der Waals surface area contributed by atoms with Crippen molar-refractivity contribution in [3.05, 3.63) is 69.8 Å². The lowest BCUT2D eigenvalue weighted by Gasteiger charge is -2.23. The number of nitrogens with one attached hydrogen (secondary N) is 2. The fourth-order valence-corrected chi connectivity index (χ4v) is 3.00. The number of ether oxygens (including phenoxy) is 1. The summed E-state index contributed by atoms with van der Waals surface area (Å²) in [6, 6.07) is 12.8. The van der Waals surface area contributed by atoms with Crippen LogP contribution in [0.2, 0.25) is 0 Å². The van der Waals surface area contributed by atoms with Crippen LogP contribution in [0.25, 0.3) is 0 Å². The number of Topliss-reactive ketones (excluding diaryl/α,β-unsaturated/α-hetero) is 1. The highest BCUT2D eigenvalue weighted by molar-refractivity contribution is 6.01. The van der Waals surface area contributed by atoms with Crippen LogP contribution in [0.3, 0.4) is 0 Å². The summed E-state index contributed by atoms with van der Waals surface area (Å²) in [6.45, 7) is 7.50. The average Bonchev–Trinajstić information content (AvgIpc) is 2.68. The van der Waals surface area contributed by atoms with Crippen LogP contribution in [-0.2, 0) is 4.74 Å². The van der Waals surface area contributed by atoms with Crippen LogP contribution in [0.1, 0.15) is 49.5 Å². The highest BCUT2D eigenvalue weighted by Gasteiger charge is 2.25. The Morgan fingerprint density at radius 3 is 2.42 bits per heavy atom. The molecule has 0 bridgehead atoms. The maximum atomic E-state index is 12.9. The SMILES string of the molecule is Cc1ccc([N+](=O)[O-])c(NCCCC(NC(=O)OC(C)(C)C)C(=O)c2ccccc2)c1. The van der Waals surface area contributed by atoms with E-state index in [0.717, 1.165) is 5.56 Å². The summed E-state index contributed by atoms with van der Waals surface area (Å²) in [7, 11) is 0. The van der Waals surface area contributed by atoms with Gasteiger partial charge in [-0.15, -0.1) is 0 Å². The molecule has 0 aliphatic heterocycles. The van der Waals surface area contributed by atoms with Crippen molar-refractivity contribution in [2.75, 3.05) is 11.9 Å². The molecule has 2 aromatic carbocycles. The topological polar surface area (TPSA) is 111 Å². The summed E-state index contributed by atoms with van der Waals surface area (Å²) in [4.78, 5) is 35.9. The van der Waals surface area contributed by atoms with Crippen LogP contribution >= 0.6 is 0 Å². The Morgan fingerprint density at radius 1 is 1.13 bits per heavy atom. The van der Waals surface area contributed by atoms with Crippen molar-refractivity contribution in [3.63, 3.8) is 0 Å². The molecule has 2 N–H and O–H groups in total. The van der Waals surface area contributed by atoms with Gasteiger partial charge in [-0.2, -0.15) is 0 Å². The third kappa shape index (κ3) is 7.73. The smallest absolute Gasteiger partial charge is 0.408 e. The Morgan fingerprint density at radius 2 is 1.81 bits per heavy atom. The molecule has 0 saturated heterocycles. The molecule has 0 aliphatic carbocycles. The largest absolute Gasteiger partial charge is 0.444 e. The lowest BCUT2D eigenvalue weighted by molar-refractivity contribution is -0.384. The van der Waals surface area contributed by atoms with E-state index in [1.807, 2.05) is 13.0 Å². The number of benzene rings is 2. The van der Waals surface area contributed by atoms with E-state index in [9.17, 15) is 19.7 Å². The normalized spacial score (nSPS) is 12.0. The van der Waals surface area contributed by atoms with Crippen LogP contribution < -0.4 is 10.6 Å². The van der Waals surface area contributed by atoms with Crippen molar-refractivity contribution in [2.24, 2.45) is 0 Å². The van der Waals surface area contributed by atoms with Gasteiger partial charge >= 0.3 is 6.09 Å². The Kier molecular flexibility index (Phi) is 8.13. The zero-order valence-electron chi connectivity index (χ0n) is 18.3. The van der Waals surface area contributed by atoms with Crippen molar-refractivity contribution in [1.82, 2.24) is 5.32 Å². The van der Waals surface area contributed by atoms with Gasteiger partial charge in [-0.3, -0.25) is 14.9 Å². The lowest BCUT2D eigenvalue weighted by Crippen LogP contribution is -2.43. The number of nitro groups is 1. The third-order valence-electron chi connectivity index (χ3n) is 4.40. The summed E-state index contributed by atoms with van der Waals surface area (Å²) in [6.07, 6.45) is 0.188. The molecule has 0 aliphatic rings. The van der Waals surface area contributed by atoms with Gasteiger partial charge in [-0.05, 0) is 52.2 Å². The van der Waals surface area contributed by atoms with E-state index in [1.165, 1.54) is 6.07 Å². The number of anilines is 1. The molecule has 1 unspecified atom stereocenters. The second kappa shape index (κ2) is 10.6. The predicted molar refractivity (Wildman–Crippen MR) is 119 cm³/mol. The number of nitro benzene ring substituents is 1.